The number of hydrogen-bond donors (Lipinski definition) is 1. The smallest absolute Gasteiger partial charge is 0.240 e. The van der Waals surface area contributed by atoms with E-state index in [-0.39, 0.29) is 17.9 Å². The van der Waals surface area contributed by atoms with Crippen LogP contribution in [0.3, 0.4) is 0 Å². The zero-order valence-corrected chi connectivity index (χ0v) is 16.9. The van der Waals surface area contributed by atoms with Crippen molar-refractivity contribution in [2.75, 3.05) is 51.6 Å². The topological polar surface area (TPSA) is 55.9 Å². The Hall–Kier alpha value is -1.44. The lowest BCUT2D eigenvalue weighted by Crippen LogP contribution is -2.53. The first-order valence-corrected chi connectivity index (χ1v) is 10.1. The molecule has 0 spiro atoms. The van der Waals surface area contributed by atoms with Gasteiger partial charge in [0.1, 0.15) is 0 Å². The third-order valence-electron chi connectivity index (χ3n) is 5.25. The minimum absolute atomic E-state index is 0.0224. The number of likely N-dealkylation sites (N-methyl/N-ethyl adjacent to an activating group) is 1. The molecule has 0 aromatic heterocycles. The van der Waals surface area contributed by atoms with E-state index in [0.717, 1.165) is 62.3 Å². The summed E-state index contributed by atoms with van der Waals surface area (Å²) in [5.41, 5.74) is 0.806. The van der Waals surface area contributed by atoms with E-state index in [1.165, 1.54) is 0 Å². The fourth-order valence-corrected chi connectivity index (χ4v) is 4.07. The second-order valence-corrected chi connectivity index (χ2v) is 8.03. The third kappa shape index (κ3) is 5.05. The summed E-state index contributed by atoms with van der Waals surface area (Å²) in [5.74, 6) is 0.297. The lowest BCUT2D eigenvalue weighted by molar-refractivity contribution is -0.137. The summed E-state index contributed by atoms with van der Waals surface area (Å²) < 4.78 is 0.948. The van der Waals surface area contributed by atoms with Crippen molar-refractivity contribution in [3.8, 4) is 0 Å². The molecule has 2 amide bonds. The number of carbonyl (C=O) groups is 2. The van der Waals surface area contributed by atoms with Crippen LogP contribution in [0.1, 0.15) is 19.3 Å². The molecule has 142 valence electrons. The first-order chi connectivity index (χ1) is 12.5. The minimum Gasteiger partial charge on any atom is -0.339 e. The van der Waals surface area contributed by atoms with E-state index >= 15 is 0 Å². The van der Waals surface area contributed by atoms with Gasteiger partial charge in [0.2, 0.25) is 11.8 Å². The van der Waals surface area contributed by atoms with Crippen LogP contribution in [0.2, 0.25) is 0 Å². The molecular weight excluding hydrogens is 396 g/mol. The molecule has 1 aromatic rings. The SMILES string of the molecule is CN1CCCC1C(=O)N1CCN(CCC(=O)Nc2cccc(Br)c2)CC1. The number of benzene rings is 1. The van der Waals surface area contributed by atoms with Crippen molar-refractivity contribution < 1.29 is 9.59 Å². The second kappa shape index (κ2) is 8.97. The van der Waals surface area contributed by atoms with Gasteiger partial charge in [-0.15, -0.1) is 0 Å². The predicted molar refractivity (Wildman–Crippen MR) is 106 cm³/mol. The average Bonchev–Trinajstić information content (AvgIpc) is 3.06. The number of nitrogens with zero attached hydrogens (tertiary/aromatic N) is 3. The molecule has 26 heavy (non-hydrogen) atoms. The summed E-state index contributed by atoms with van der Waals surface area (Å²) in [6, 6.07) is 7.67. The number of likely N-dealkylation sites (tertiary alicyclic amines) is 1. The van der Waals surface area contributed by atoms with Crippen LogP contribution in [-0.4, -0.2) is 78.9 Å². The summed E-state index contributed by atoms with van der Waals surface area (Å²) in [4.78, 5) is 31.2. The van der Waals surface area contributed by atoms with Crippen LogP contribution in [0.25, 0.3) is 0 Å². The van der Waals surface area contributed by atoms with Gasteiger partial charge in [0.15, 0.2) is 0 Å². The first kappa shape index (κ1) is 19.3. The number of piperazine rings is 1. The van der Waals surface area contributed by atoms with Crippen molar-refractivity contribution in [3.63, 3.8) is 0 Å². The number of halogens is 1. The van der Waals surface area contributed by atoms with E-state index in [1.807, 2.05) is 36.2 Å². The van der Waals surface area contributed by atoms with Gasteiger partial charge in [-0.25, -0.2) is 0 Å². The van der Waals surface area contributed by atoms with Crippen molar-refractivity contribution in [2.24, 2.45) is 0 Å². The molecular formula is C19H27BrN4O2. The molecule has 0 aliphatic carbocycles. The molecule has 6 nitrogen and oxygen atoms in total. The lowest BCUT2D eigenvalue weighted by atomic mass is 10.1. The minimum atomic E-state index is 0.0224. The molecule has 2 fully saturated rings. The Kier molecular flexibility index (Phi) is 6.67. The van der Waals surface area contributed by atoms with E-state index in [0.29, 0.717) is 6.42 Å². The van der Waals surface area contributed by atoms with Gasteiger partial charge in [0.05, 0.1) is 6.04 Å². The van der Waals surface area contributed by atoms with Crippen molar-refractivity contribution in [2.45, 2.75) is 25.3 Å². The van der Waals surface area contributed by atoms with Crippen LogP contribution in [0.4, 0.5) is 5.69 Å². The van der Waals surface area contributed by atoms with Gasteiger partial charge in [-0.2, -0.15) is 0 Å². The molecule has 3 rings (SSSR count). The maximum atomic E-state index is 12.6. The number of rotatable bonds is 5. The van der Waals surface area contributed by atoms with E-state index in [4.69, 9.17) is 0 Å². The highest BCUT2D eigenvalue weighted by Gasteiger charge is 2.32. The highest BCUT2D eigenvalue weighted by molar-refractivity contribution is 9.10. The van der Waals surface area contributed by atoms with E-state index in [9.17, 15) is 9.59 Å². The van der Waals surface area contributed by atoms with Gasteiger partial charge in [0, 0.05) is 49.3 Å². The Balaban J connectivity index is 1.38. The standard InChI is InChI=1S/C19H27BrN4O2/c1-22-8-3-6-17(22)19(26)24-12-10-23(11-13-24)9-7-18(25)21-16-5-2-4-15(20)14-16/h2,4-5,14,17H,3,6-13H2,1H3,(H,21,25). The van der Waals surface area contributed by atoms with E-state index < -0.39 is 0 Å². The predicted octanol–water partition coefficient (Wildman–Crippen LogP) is 2.02. The monoisotopic (exact) mass is 422 g/mol. The van der Waals surface area contributed by atoms with E-state index in [2.05, 4.69) is 31.0 Å². The maximum Gasteiger partial charge on any atom is 0.240 e. The number of hydrogen-bond acceptors (Lipinski definition) is 4. The summed E-state index contributed by atoms with van der Waals surface area (Å²) in [5, 5.41) is 2.93. The molecule has 0 saturated carbocycles. The first-order valence-electron chi connectivity index (χ1n) is 9.30. The van der Waals surface area contributed by atoms with Crippen LogP contribution in [-0.2, 0) is 9.59 Å². The molecule has 0 radical (unpaired) electrons. The Morgan fingerprint density at radius 3 is 2.62 bits per heavy atom. The molecule has 1 aromatic carbocycles. The molecule has 2 aliphatic rings. The summed E-state index contributed by atoms with van der Waals surface area (Å²) in [6.07, 6.45) is 2.55. The van der Waals surface area contributed by atoms with Gasteiger partial charge in [-0.1, -0.05) is 22.0 Å². The quantitative estimate of drug-likeness (QED) is 0.788. The third-order valence-corrected chi connectivity index (χ3v) is 5.75. The molecule has 1 N–H and O–H groups in total. The van der Waals surface area contributed by atoms with Crippen molar-refractivity contribution in [3.05, 3.63) is 28.7 Å². The van der Waals surface area contributed by atoms with Crippen LogP contribution >= 0.6 is 15.9 Å². The Morgan fingerprint density at radius 1 is 1.19 bits per heavy atom. The Bertz CT molecular complexity index is 646. The molecule has 1 atom stereocenters. The van der Waals surface area contributed by atoms with Gasteiger partial charge in [-0.3, -0.25) is 19.4 Å². The second-order valence-electron chi connectivity index (χ2n) is 7.11. The summed E-state index contributed by atoms with van der Waals surface area (Å²) >= 11 is 3.40. The number of anilines is 1. The van der Waals surface area contributed by atoms with Crippen molar-refractivity contribution >= 4 is 33.4 Å². The normalized spacial score (nSPS) is 21.8. The molecule has 2 aliphatic heterocycles. The highest BCUT2D eigenvalue weighted by Crippen LogP contribution is 2.18. The van der Waals surface area contributed by atoms with Crippen LogP contribution in [0.15, 0.2) is 28.7 Å². The zero-order chi connectivity index (χ0) is 18.5. The van der Waals surface area contributed by atoms with Crippen molar-refractivity contribution in [1.29, 1.82) is 0 Å². The van der Waals surface area contributed by atoms with Crippen LogP contribution in [0.5, 0.6) is 0 Å². The molecule has 2 saturated heterocycles. The highest BCUT2D eigenvalue weighted by atomic mass is 79.9. The number of carbonyl (C=O) groups excluding carboxylic acids is 2. The van der Waals surface area contributed by atoms with Crippen molar-refractivity contribution in [1.82, 2.24) is 14.7 Å². The summed E-state index contributed by atoms with van der Waals surface area (Å²) in [7, 11) is 2.04. The summed E-state index contributed by atoms with van der Waals surface area (Å²) in [6.45, 7) is 4.94. The molecule has 7 heteroatoms. The van der Waals surface area contributed by atoms with Gasteiger partial charge in [-0.05, 0) is 44.6 Å². The van der Waals surface area contributed by atoms with Gasteiger partial charge >= 0.3 is 0 Å². The molecule has 1 unspecified atom stereocenters. The Labute approximate surface area is 163 Å². The number of amides is 2. The Morgan fingerprint density at radius 2 is 1.96 bits per heavy atom. The maximum absolute atomic E-state index is 12.6. The van der Waals surface area contributed by atoms with Gasteiger partial charge < -0.3 is 10.2 Å². The van der Waals surface area contributed by atoms with E-state index in [1.54, 1.807) is 0 Å². The molecule has 0 bridgehead atoms. The van der Waals surface area contributed by atoms with Crippen LogP contribution < -0.4 is 5.32 Å². The lowest BCUT2D eigenvalue weighted by Gasteiger charge is -2.36. The fourth-order valence-electron chi connectivity index (χ4n) is 3.67. The van der Waals surface area contributed by atoms with Gasteiger partial charge in [0.25, 0.3) is 0 Å². The fraction of sp³-hybridized carbons (Fsp3) is 0.579. The largest absolute Gasteiger partial charge is 0.339 e. The zero-order valence-electron chi connectivity index (χ0n) is 15.3. The molecule has 2 heterocycles. The average molecular weight is 423 g/mol. The number of nitrogens with one attached hydrogen (secondary N) is 1. The van der Waals surface area contributed by atoms with Crippen LogP contribution in [0, 0.1) is 0 Å².